The third-order valence-corrected chi connectivity index (χ3v) is 6.75. The van der Waals surface area contributed by atoms with E-state index in [1.807, 2.05) is 48.5 Å². The number of anilines is 1. The van der Waals surface area contributed by atoms with E-state index >= 15 is 0 Å². The number of rotatable bonds is 6. The Bertz CT molecular complexity index is 1350. The third-order valence-electron chi connectivity index (χ3n) is 6.22. The van der Waals surface area contributed by atoms with E-state index in [0.717, 1.165) is 63.3 Å². The zero-order valence-corrected chi connectivity index (χ0v) is 21.1. The molecule has 0 saturated carbocycles. The molecular weight excluding hydrogens is 502 g/mol. The Morgan fingerprint density at radius 2 is 1.77 bits per heavy atom. The molecule has 0 fully saturated rings. The van der Waals surface area contributed by atoms with Crippen LogP contribution in [-0.2, 0) is 30.5 Å². The first-order valence-electron chi connectivity index (χ1n) is 11.7. The maximum Gasteiger partial charge on any atom is 0.229 e. The number of aryl methyl sites for hydroxylation is 2. The van der Waals surface area contributed by atoms with Crippen molar-refractivity contribution in [3.05, 3.63) is 105 Å². The number of carbonyl (C=O) groups excluding carboxylic acids is 1. The van der Waals surface area contributed by atoms with E-state index in [4.69, 9.17) is 14.7 Å². The zero-order valence-electron chi connectivity index (χ0n) is 19.6. The molecule has 3 aromatic carbocycles. The van der Waals surface area contributed by atoms with Gasteiger partial charge >= 0.3 is 0 Å². The highest BCUT2D eigenvalue weighted by molar-refractivity contribution is 9.10. The van der Waals surface area contributed by atoms with E-state index in [1.54, 1.807) is 7.11 Å². The van der Waals surface area contributed by atoms with E-state index in [0.29, 0.717) is 12.2 Å². The summed E-state index contributed by atoms with van der Waals surface area (Å²) in [7, 11) is 1.69. The van der Waals surface area contributed by atoms with Gasteiger partial charge in [0.1, 0.15) is 5.75 Å². The Labute approximate surface area is 213 Å². The molecule has 1 N–H and O–H groups in total. The summed E-state index contributed by atoms with van der Waals surface area (Å²) >= 11 is 3.44. The number of ether oxygens (including phenoxy) is 1. The number of benzene rings is 3. The van der Waals surface area contributed by atoms with E-state index in [-0.39, 0.29) is 12.3 Å². The first-order valence-corrected chi connectivity index (χ1v) is 12.5. The number of methoxy groups -OCH3 is 1. The first-order chi connectivity index (χ1) is 17.1. The fraction of sp³-hybridized carbons (Fsp3) is 0.207. The zero-order chi connectivity index (χ0) is 24.2. The van der Waals surface area contributed by atoms with Crippen molar-refractivity contribution in [3.8, 4) is 17.0 Å². The summed E-state index contributed by atoms with van der Waals surface area (Å²) in [6.45, 7) is 0. The predicted molar refractivity (Wildman–Crippen MR) is 142 cm³/mol. The van der Waals surface area contributed by atoms with Crippen LogP contribution in [0.25, 0.3) is 11.3 Å². The number of nitrogens with one attached hydrogen (secondary N) is 1. The predicted octanol–water partition coefficient (Wildman–Crippen LogP) is 6.18. The molecule has 0 bridgehead atoms. The average molecular weight is 528 g/mol. The highest BCUT2D eigenvalue weighted by Gasteiger charge is 2.22. The molecule has 6 heteroatoms. The molecule has 0 atom stereocenters. The fourth-order valence-electron chi connectivity index (χ4n) is 4.45. The maximum absolute atomic E-state index is 13.0. The quantitative estimate of drug-likeness (QED) is 0.325. The fourth-order valence-corrected chi connectivity index (χ4v) is 4.72. The number of amides is 1. The van der Waals surface area contributed by atoms with Crippen LogP contribution in [0, 0.1) is 0 Å². The lowest BCUT2D eigenvalue weighted by atomic mass is 10.0. The third kappa shape index (κ3) is 5.43. The van der Waals surface area contributed by atoms with Crippen molar-refractivity contribution in [1.82, 2.24) is 9.97 Å². The summed E-state index contributed by atoms with van der Waals surface area (Å²) in [4.78, 5) is 23.1. The van der Waals surface area contributed by atoms with Crippen molar-refractivity contribution in [2.24, 2.45) is 0 Å². The number of aromatic nitrogens is 2. The molecule has 1 aliphatic carbocycles. The minimum absolute atomic E-state index is 0.102. The number of nitrogens with zero attached hydrogens (tertiary/aromatic N) is 2. The summed E-state index contributed by atoms with van der Waals surface area (Å²) < 4.78 is 6.43. The molecule has 0 saturated heterocycles. The normalized spacial score (nSPS) is 12.3. The molecule has 0 radical (unpaired) electrons. The molecule has 5 nitrogen and oxygen atoms in total. The monoisotopic (exact) mass is 527 g/mol. The molecule has 1 heterocycles. The van der Waals surface area contributed by atoms with Gasteiger partial charge in [-0.3, -0.25) is 4.79 Å². The van der Waals surface area contributed by atoms with Crippen molar-refractivity contribution >= 4 is 27.7 Å². The Kier molecular flexibility index (Phi) is 6.91. The molecule has 1 aliphatic rings. The van der Waals surface area contributed by atoms with Crippen LogP contribution in [0.3, 0.4) is 0 Å². The summed E-state index contributed by atoms with van der Waals surface area (Å²) in [6.07, 6.45) is 3.57. The second-order valence-corrected chi connectivity index (χ2v) is 9.62. The number of hydrogen-bond donors (Lipinski definition) is 1. The lowest BCUT2D eigenvalue weighted by Gasteiger charge is -2.16. The van der Waals surface area contributed by atoms with E-state index < -0.39 is 0 Å². The molecule has 1 amide bonds. The molecule has 0 aliphatic heterocycles. The van der Waals surface area contributed by atoms with Crippen molar-refractivity contribution in [2.45, 2.75) is 32.1 Å². The molecule has 176 valence electrons. The average Bonchev–Trinajstić information content (AvgIpc) is 3.04. The lowest BCUT2D eigenvalue weighted by Crippen LogP contribution is -2.18. The van der Waals surface area contributed by atoms with Crippen LogP contribution >= 0.6 is 15.9 Å². The van der Waals surface area contributed by atoms with Crippen LogP contribution in [-0.4, -0.2) is 23.0 Å². The number of halogens is 1. The van der Waals surface area contributed by atoms with Gasteiger partial charge in [0.25, 0.3) is 0 Å². The smallest absolute Gasteiger partial charge is 0.229 e. The lowest BCUT2D eigenvalue weighted by molar-refractivity contribution is -0.115. The minimum atomic E-state index is -0.102. The van der Waals surface area contributed by atoms with E-state index in [1.165, 1.54) is 5.56 Å². The Hall–Kier alpha value is -3.51. The second-order valence-electron chi connectivity index (χ2n) is 8.70. The van der Waals surface area contributed by atoms with Gasteiger partial charge in [-0.15, -0.1) is 0 Å². The Balaban J connectivity index is 1.52. The summed E-state index contributed by atoms with van der Waals surface area (Å²) in [5.41, 5.74) is 6.96. The number of carbonyl (C=O) groups is 1. The van der Waals surface area contributed by atoms with E-state index in [2.05, 4.69) is 45.5 Å². The van der Waals surface area contributed by atoms with E-state index in [9.17, 15) is 4.79 Å². The van der Waals surface area contributed by atoms with Crippen LogP contribution in [0.4, 0.5) is 5.82 Å². The van der Waals surface area contributed by atoms with Crippen molar-refractivity contribution in [1.29, 1.82) is 0 Å². The maximum atomic E-state index is 13.0. The highest BCUT2D eigenvalue weighted by atomic mass is 79.9. The molecule has 0 spiro atoms. The number of hydrogen-bond acceptors (Lipinski definition) is 4. The second kappa shape index (κ2) is 10.4. The van der Waals surface area contributed by atoms with Crippen LogP contribution in [0.15, 0.2) is 77.3 Å². The first kappa shape index (κ1) is 23.2. The van der Waals surface area contributed by atoms with Gasteiger partial charge in [-0.2, -0.15) is 0 Å². The topological polar surface area (TPSA) is 64.1 Å². The molecule has 0 unspecified atom stereocenters. The molecule has 35 heavy (non-hydrogen) atoms. The van der Waals surface area contributed by atoms with Crippen molar-refractivity contribution < 1.29 is 9.53 Å². The molecule has 5 rings (SSSR count). The van der Waals surface area contributed by atoms with Crippen molar-refractivity contribution in [3.63, 3.8) is 0 Å². The summed E-state index contributed by atoms with van der Waals surface area (Å²) in [5.74, 6) is 1.29. The van der Waals surface area contributed by atoms with Gasteiger partial charge in [0, 0.05) is 16.5 Å². The van der Waals surface area contributed by atoms with Gasteiger partial charge in [-0.1, -0.05) is 58.4 Å². The standard InChI is InChI=1S/C29H26BrN3O2/c1-35-23-14-15-24-21(18-23)8-5-9-25-28(24)31-26(16-19-6-3-2-4-7-19)29(32-25)33-27(34)17-20-10-12-22(30)13-11-20/h2-4,6-7,10-15,18H,5,8-9,16-17H2,1H3,(H,32,33,34). The summed E-state index contributed by atoms with van der Waals surface area (Å²) in [5, 5.41) is 3.06. The van der Waals surface area contributed by atoms with Crippen LogP contribution in [0.1, 0.15) is 34.5 Å². The van der Waals surface area contributed by atoms with Crippen LogP contribution in [0.5, 0.6) is 5.75 Å². The Morgan fingerprint density at radius 3 is 2.54 bits per heavy atom. The Morgan fingerprint density at radius 1 is 0.971 bits per heavy atom. The van der Waals surface area contributed by atoms with Gasteiger partial charge in [0.05, 0.1) is 30.6 Å². The van der Waals surface area contributed by atoms with Crippen LogP contribution < -0.4 is 10.1 Å². The van der Waals surface area contributed by atoms with Crippen LogP contribution in [0.2, 0.25) is 0 Å². The van der Waals surface area contributed by atoms with Gasteiger partial charge < -0.3 is 10.1 Å². The highest BCUT2D eigenvalue weighted by Crippen LogP contribution is 2.34. The van der Waals surface area contributed by atoms with Gasteiger partial charge in [0.15, 0.2) is 5.82 Å². The molecule has 4 aromatic rings. The SMILES string of the molecule is COc1ccc2c(c1)CCCc1nc(NC(=O)Cc3ccc(Br)cc3)c(Cc3ccccc3)nc1-2. The molecular formula is C29H26BrN3O2. The largest absolute Gasteiger partial charge is 0.497 e. The van der Waals surface area contributed by atoms with Crippen molar-refractivity contribution in [2.75, 3.05) is 12.4 Å². The minimum Gasteiger partial charge on any atom is -0.497 e. The number of fused-ring (bicyclic) bond motifs is 3. The van der Waals surface area contributed by atoms with Gasteiger partial charge in [0.2, 0.25) is 5.91 Å². The molecule has 1 aromatic heterocycles. The summed E-state index contributed by atoms with van der Waals surface area (Å²) in [6, 6.07) is 24.1. The van der Waals surface area contributed by atoms with Gasteiger partial charge in [-0.05, 0) is 66.3 Å². The van der Waals surface area contributed by atoms with Gasteiger partial charge in [-0.25, -0.2) is 9.97 Å².